The number of carbonyl (C=O) groups is 1. The van der Waals surface area contributed by atoms with Crippen LogP contribution in [-0.2, 0) is 0 Å². The van der Waals surface area contributed by atoms with Crippen LogP contribution in [0.2, 0.25) is 0 Å². The van der Waals surface area contributed by atoms with E-state index in [1.54, 1.807) is 6.07 Å². The highest BCUT2D eigenvalue weighted by molar-refractivity contribution is 5.90. The van der Waals surface area contributed by atoms with Crippen molar-refractivity contribution in [2.24, 2.45) is 0 Å². The molecule has 3 nitrogen and oxygen atoms in total. The molecule has 0 spiro atoms. The zero-order valence-electron chi connectivity index (χ0n) is 9.55. The number of hydrogen-bond donors (Lipinski definition) is 1. The summed E-state index contributed by atoms with van der Waals surface area (Å²) in [6.45, 7) is 8.11. The Labute approximate surface area is 89.7 Å². The number of rotatable bonds is 3. The molecule has 3 heteroatoms. The fourth-order valence-electron chi connectivity index (χ4n) is 1.54. The lowest BCUT2D eigenvalue weighted by Crippen LogP contribution is -2.05. The fourth-order valence-corrected chi connectivity index (χ4v) is 1.54. The average Bonchev–Trinajstić information content (AvgIpc) is 2.18. The third-order valence-corrected chi connectivity index (χ3v) is 2.70. The van der Waals surface area contributed by atoms with Crippen molar-refractivity contribution in [1.82, 2.24) is 0 Å². The Morgan fingerprint density at radius 3 is 2.33 bits per heavy atom. The first kappa shape index (κ1) is 11.6. The van der Waals surface area contributed by atoms with Crippen molar-refractivity contribution in [2.45, 2.75) is 27.7 Å². The minimum absolute atomic E-state index is 0.321. The molecular weight excluding hydrogens is 192 g/mol. The summed E-state index contributed by atoms with van der Waals surface area (Å²) in [6, 6.07) is 1.60. The summed E-state index contributed by atoms with van der Waals surface area (Å²) in [5.41, 5.74) is 3.13. The van der Waals surface area contributed by atoms with E-state index in [2.05, 4.69) is 0 Å². The molecule has 0 amide bonds. The van der Waals surface area contributed by atoms with E-state index >= 15 is 0 Å². The first-order valence-corrected chi connectivity index (χ1v) is 4.95. The number of ether oxygens (including phenoxy) is 1. The maximum Gasteiger partial charge on any atom is 0.336 e. The Morgan fingerprint density at radius 1 is 1.27 bits per heavy atom. The van der Waals surface area contributed by atoms with Crippen molar-refractivity contribution in [2.75, 3.05) is 6.61 Å². The van der Waals surface area contributed by atoms with Crippen molar-refractivity contribution in [3.63, 3.8) is 0 Å². The van der Waals surface area contributed by atoms with Crippen LogP contribution in [0.25, 0.3) is 0 Å². The number of hydrogen-bond acceptors (Lipinski definition) is 2. The van der Waals surface area contributed by atoms with Gasteiger partial charge in [-0.1, -0.05) is 0 Å². The molecule has 0 aliphatic carbocycles. The molecule has 0 saturated heterocycles. The van der Waals surface area contributed by atoms with Gasteiger partial charge in [0.15, 0.2) is 0 Å². The van der Waals surface area contributed by atoms with Gasteiger partial charge in [0, 0.05) is 0 Å². The third-order valence-electron chi connectivity index (χ3n) is 2.70. The van der Waals surface area contributed by atoms with Gasteiger partial charge in [0.25, 0.3) is 0 Å². The zero-order valence-corrected chi connectivity index (χ0v) is 9.55. The van der Waals surface area contributed by atoms with Crippen LogP contribution in [0.5, 0.6) is 5.75 Å². The van der Waals surface area contributed by atoms with Crippen LogP contribution in [0.15, 0.2) is 6.07 Å². The summed E-state index contributed by atoms with van der Waals surface area (Å²) in [5.74, 6) is -0.241. The SMILES string of the molecule is CCOc1cc(C(=O)O)c(C)c(C)c1C. The van der Waals surface area contributed by atoms with Crippen LogP contribution in [0, 0.1) is 20.8 Å². The number of benzene rings is 1. The maximum absolute atomic E-state index is 11.0. The fraction of sp³-hybridized carbons (Fsp3) is 0.417. The molecule has 1 N–H and O–H groups in total. The second-order valence-electron chi connectivity index (χ2n) is 3.54. The molecule has 82 valence electrons. The second-order valence-corrected chi connectivity index (χ2v) is 3.54. The van der Waals surface area contributed by atoms with Gasteiger partial charge in [-0.25, -0.2) is 4.79 Å². The van der Waals surface area contributed by atoms with E-state index in [9.17, 15) is 4.79 Å². The maximum atomic E-state index is 11.0. The molecule has 0 aromatic heterocycles. The summed E-state index contributed by atoms with van der Waals surface area (Å²) in [5, 5.41) is 9.02. The van der Waals surface area contributed by atoms with Crippen LogP contribution < -0.4 is 4.74 Å². The predicted octanol–water partition coefficient (Wildman–Crippen LogP) is 2.71. The predicted molar refractivity (Wildman–Crippen MR) is 58.8 cm³/mol. The van der Waals surface area contributed by atoms with Gasteiger partial charge in [-0.05, 0) is 50.5 Å². The molecule has 1 aromatic carbocycles. The van der Waals surface area contributed by atoms with Crippen LogP contribution in [0.4, 0.5) is 0 Å². The Hall–Kier alpha value is -1.51. The Morgan fingerprint density at radius 2 is 1.87 bits per heavy atom. The molecule has 0 radical (unpaired) electrons. The molecule has 1 aromatic rings. The molecule has 1 rings (SSSR count). The molecule has 0 bridgehead atoms. The van der Waals surface area contributed by atoms with Gasteiger partial charge >= 0.3 is 5.97 Å². The zero-order chi connectivity index (χ0) is 11.6. The first-order valence-electron chi connectivity index (χ1n) is 4.95. The number of carboxylic acid groups (broad SMARTS) is 1. The van der Waals surface area contributed by atoms with E-state index < -0.39 is 5.97 Å². The monoisotopic (exact) mass is 208 g/mol. The van der Waals surface area contributed by atoms with E-state index in [-0.39, 0.29) is 0 Å². The summed E-state index contributed by atoms with van der Waals surface area (Å²) in [4.78, 5) is 11.0. The molecule has 0 fully saturated rings. The Balaban J connectivity index is 3.38. The minimum Gasteiger partial charge on any atom is -0.494 e. The van der Waals surface area contributed by atoms with Gasteiger partial charge in [-0.3, -0.25) is 0 Å². The average molecular weight is 208 g/mol. The van der Waals surface area contributed by atoms with E-state index in [0.29, 0.717) is 17.9 Å². The van der Waals surface area contributed by atoms with Gasteiger partial charge < -0.3 is 9.84 Å². The molecule has 0 aliphatic rings. The smallest absolute Gasteiger partial charge is 0.336 e. The summed E-state index contributed by atoms with van der Waals surface area (Å²) in [6.07, 6.45) is 0. The van der Waals surface area contributed by atoms with Crippen molar-refractivity contribution in [3.8, 4) is 5.75 Å². The molecule has 15 heavy (non-hydrogen) atoms. The molecule has 0 atom stereocenters. The highest BCUT2D eigenvalue weighted by Crippen LogP contribution is 2.27. The number of aromatic carboxylic acids is 1. The molecule has 0 unspecified atom stereocenters. The highest BCUT2D eigenvalue weighted by atomic mass is 16.5. The lowest BCUT2D eigenvalue weighted by Gasteiger charge is -2.14. The van der Waals surface area contributed by atoms with Gasteiger partial charge in [0.2, 0.25) is 0 Å². The quantitative estimate of drug-likeness (QED) is 0.830. The summed E-state index contributed by atoms with van der Waals surface area (Å²) < 4.78 is 5.40. The van der Waals surface area contributed by atoms with Crippen molar-refractivity contribution in [3.05, 3.63) is 28.3 Å². The molecule has 0 aliphatic heterocycles. The van der Waals surface area contributed by atoms with Gasteiger partial charge in [0.1, 0.15) is 5.75 Å². The first-order chi connectivity index (χ1) is 6.99. The summed E-state index contributed by atoms with van der Waals surface area (Å²) >= 11 is 0. The van der Waals surface area contributed by atoms with Crippen molar-refractivity contribution in [1.29, 1.82) is 0 Å². The van der Waals surface area contributed by atoms with Crippen LogP contribution in [0.1, 0.15) is 34.0 Å². The van der Waals surface area contributed by atoms with Gasteiger partial charge in [-0.15, -0.1) is 0 Å². The molecule has 0 saturated carbocycles. The number of carboxylic acids is 1. The van der Waals surface area contributed by atoms with E-state index in [0.717, 1.165) is 16.7 Å². The Bertz CT molecular complexity index is 394. The lowest BCUT2D eigenvalue weighted by molar-refractivity contribution is 0.0695. The molecular formula is C12H16O3. The van der Waals surface area contributed by atoms with E-state index in [1.807, 2.05) is 27.7 Å². The lowest BCUT2D eigenvalue weighted by atomic mass is 9.98. The highest BCUT2D eigenvalue weighted by Gasteiger charge is 2.14. The second kappa shape index (κ2) is 4.34. The van der Waals surface area contributed by atoms with Gasteiger partial charge in [0.05, 0.1) is 12.2 Å². The topological polar surface area (TPSA) is 46.5 Å². The van der Waals surface area contributed by atoms with Gasteiger partial charge in [-0.2, -0.15) is 0 Å². The Kier molecular flexibility index (Phi) is 3.35. The van der Waals surface area contributed by atoms with Crippen molar-refractivity contribution >= 4 is 5.97 Å². The standard InChI is InChI=1S/C12H16O3/c1-5-15-11-6-10(12(13)14)8(3)7(2)9(11)4/h6H,5H2,1-4H3,(H,13,14). The minimum atomic E-state index is -0.906. The van der Waals surface area contributed by atoms with E-state index in [1.165, 1.54) is 0 Å². The molecule has 0 heterocycles. The van der Waals surface area contributed by atoms with Crippen molar-refractivity contribution < 1.29 is 14.6 Å². The normalized spacial score (nSPS) is 10.1. The van der Waals surface area contributed by atoms with Crippen LogP contribution in [0.3, 0.4) is 0 Å². The summed E-state index contributed by atoms with van der Waals surface area (Å²) in [7, 11) is 0. The van der Waals surface area contributed by atoms with Crippen LogP contribution >= 0.6 is 0 Å². The largest absolute Gasteiger partial charge is 0.494 e. The van der Waals surface area contributed by atoms with E-state index in [4.69, 9.17) is 9.84 Å². The van der Waals surface area contributed by atoms with Crippen LogP contribution in [-0.4, -0.2) is 17.7 Å². The third kappa shape index (κ3) is 2.12.